The number of likely N-dealkylation sites (N-methyl/N-ethyl adjacent to an activating group) is 1. The van der Waals surface area contributed by atoms with Gasteiger partial charge in [-0.2, -0.15) is 0 Å². The standard InChI is InChI=1S/C15H20N2O4S/c1-12-3-5-13(6-4-12)9-16-21-10-15(18)17(2)14-7-8-22(19,20)11-14/h3-6,9,14H,7-8,10-11H2,1-2H3/b16-9-/t14-/m0/s1. The number of carbonyl (C=O) groups excluding carboxylic acids is 1. The number of nitrogens with zero attached hydrogens (tertiary/aromatic N) is 2. The van der Waals surface area contributed by atoms with E-state index in [0.29, 0.717) is 6.42 Å². The minimum absolute atomic E-state index is 0.0296. The fourth-order valence-corrected chi connectivity index (χ4v) is 4.00. The van der Waals surface area contributed by atoms with Crippen molar-refractivity contribution < 1.29 is 18.0 Å². The normalized spacial score (nSPS) is 20.2. The van der Waals surface area contributed by atoms with Gasteiger partial charge in [0.15, 0.2) is 16.4 Å². The van der Waals surface area contributed by atoms with Crippen molar-refractivity contribution in [1.29, 1.82) is 0 Å². The second-order valence-electron chi connectivity index (χ2n) is 5.48. The van der Waals surface area contributed by atoms with Crippen LogP contribution in [-0.4, -0.2) is 56.6 Å². The topological polar surface area (TPSA) is 76.0 Å². The number of aryl methyl sites for hydroxylation is 1. The Morgan fingerprint density at radius 3 is 2.68 bits per heavy atom. The highest BCUT2D eigenvalue weighted by Gasteiger charge is 2.32. The molecular formula is C15H20N2O4S. The van der Waals surface area contributed by atoms with Crippen LogP contribution in [0.3, 0.4) is 0 Å². The molecule has 1 amide bonds. The maximum Gasteiger partial charge on any atom is 0.263 e. The average Bonchev–Trinajstić information content (AvgIpc) is 2.84. The predicted molar refractivity (Wildman–Crippen MR) is 84.6 cm³/mol. The van der Waals surface area contributed by atoms with Crippen LogP contribution in [0.2, 0.25) is 0 Å². The molecule has 1 atom stereocenters. The Bertz CT molecular complexity index is 653. The molecule has 0 unspecified atom stereocenters. The molecule has 0 N–H and O–H groups in total. The van der Waals surface area contributed by atoms with Gasteiger partial charge in [0.2, 0.25) is 0 Å². The summed E-state index contributed by atoms with van der Waals surface area (Å²) in [5.41, 5.74) is 2.04. The van der Waals surface area contributed by atoms with Crippen molar-refractivity contribution in [1.82, 2.24) is 4.90 Å². The van der Waals surface area contributed by atoms with Crippen molar-refractivity contribution in [2.24, 2.45) is 5.16 Å². The zero-order chi connectivity index (χ0) is 16.2. The Labute approximate surface area is 130 Å². The molecule has 0 bridgehead atoms. The van der Waals surface area contributed by atoms with Gasteiger partial charge in [-0.1, -0.05) is 35.0 Å². The average molecular weight is 324 g/mol. The smallest absolute Gasteiger partial charge is 0.263 e. The maximum atomic E-state index is 11.9. The van der Waals surface area contributed by atoms with Crippen LogP contribution >= 0.6 is 0 Å². The van der Waals surface area contributed by atoms with Gasteiger partial charge in [0.05, 0.1) is 17.7 Å². The van der Waals surface area contributed by atoms with Crippen molar-refractivity contribution in [3.63, 3.8) is 0 Å². The van der Waals surface area contributed by atoms with Crippen LogP contribution < -0.4 is 0 Å². The Balaban J connectivity index is 1.79. The van der Waals surface area contributed by atoms with Crippen molar-refractivity contribution >= 4 is 22.0 Å². The van der Waals surface area contributed by atoms with Crippen LogP contribution in [0.4, 0.5) is 0 Å². The summed E-state index contributed by atoms with van der Waals surface area (Å²) >= 11 is 0. The van der Waals surface area contributed by atoms with Crippen molar-refractivity contribution in [3.05, 3.63) is 35.4 Å². The molecule has 1 saturated heterocycles. The quantitative estimate of drug-likeness (QED) is 0.598. The highest BCUT2D eigenvalue weighted by atomic mass is 32.2. The van der Waals surface area contributed by atoms with E-state index in [1.807, 2.05) is 31.2 Å². The number of amides is 1. The number of oxime groups is 1. The summed E-state index contributed by atoms with van der Waals surface area (Å²) in [6, 6.07) is 7.46. The zero-order valence-electron chi connectivity index (χ0n) is 12.7. The van der Waals surface area contributed by atoms with Crippen LogP contribution in [0.5, 0.6) is 0 Å². The van der Waals surface area contributed by atoms with E-state index in [-0.39, 0.29) is 30.1 Å². The molecule has 6 nitrogen and oxygen atoms in total. The molecular weight excluding hydrogens is 304 g/mol. The molecule has 1 aromatic rings. The molecule has 0 spiro atoms. The van der Waals surface area contributed by atoms with Gasteiger partial charge >= 0.3 is 0 Å². The molecule has 0 aromatic heterocycles. The van der Waals surface area contributed by atoms with E-state index in [1.165, 1.54) is 11.1 Å². The van der Waals surface area contributed by atoms with E-state index in [4.69, 9.17) is 4.84 Å². The van der Waals surface area contributed by atoms with Crippen LogP contribution in [0, 0.1) is 6.92 Å². The van der Waals surface area contributed by atoms with E-state index in [2.05, 4.69) is 5.16 Å². The Morgan fingerprint density at radius 1 is 1.41 bits per heavy atom. The molecule has 120 valence electrons. The molecule has 0 aliphatic carbocycles. The van der Waals surface area contributed by atoms with Gasteiger partial charge in [-0.3, -0.25) is 4.79 Å². The summed E-state index contributed by atoms with van der Waals surface area (Å²) in [6.07, 6.45) is 2.02. The van der Waals surface area contributed by atoms with E-state index < -0.39 is 9.84 Å². The first-order valence-corrected chi connectivity index (χ1v) is 8.87. The van der Waals surface area contributed by atoms with Crippen molar-refractivity contribution in [2.75, 3.05) is 25.2 Å². The van der Waals surface area contributed by atoms with Crippen LogP contribution in [0.25, 0.3) is 0 Å². The van der Waals surface area contributed by atoms with E-state index in [9.17, 15) is 13.2 Å². The molecule has 1 aliphatic rings. The lowest BCUT2D eigenvalue weighted by atomic mass is 10.2. The predicted octanol–water partition coefficient (Wildman–Crippen LogP) is 0.991. The lowest BCUT2D eigenvalue weighted by molar-refractivity contribution is -0.136. The summed E-state index contributed by atoms with van der Waals surface area (Å²) in [7, 11) is -1.40. The maximum absolute atomic E-state index is 11.9. The zero-order valence-corrected chi connectivity index (χ0v) is 13.5. The van der Waals surface area contributed by atoms with E-state index in [0.717, 1.165) is 11.1 Å². The summed E-state index contributed by atoms with van der Waals surface area (Å²) in [5, 5.41) is 3.76. The van der Waals surface area contributed by atoms with Crippen molar-refractivity contribution in [2.45, 2.75) is 19.4 Å². The number of benzene rings is 1. The molecule has 7 heteroatoms. The summed E-state index contributed by atoms with van der Waals surface area (Å²) < 4.78 is 22.8. The van der Waals surface area contributed by atoms with Crippen molar-refractivity contribution in [3.8, 4) is 0 Å². The number of sulfone groups is 1. The lowest BCUT2D eigenvalue weighted by Gasteiger charge is -2.22. The minimum Gasteiger partial charge on any atom is -0.386 e. The summed E-state index contributed by atoms with van der Waals surface area (Å²) in [4.78, 5) is 18.4. The molecule has 0 saturated carbocycles. The molecule has 1 aromatic carbocycles. The van der Waals surface area contributed by atoms with E-state index in [1.54, 1.807) is 7.05 Å². The van der Waals surface area contributed by atoms with E-state index >= 15 is 0 Å². The Morgan fingerprint density at radius 2 is 2.09 bits per heavy atom. The molecule has 22 heavy (non-hydrogen) atoms. The van der Waals surface area contributed by atoms with Gasteiger partial charge in [-0.05, 0) is 18.9 Å². The van der Waals surface area contributed by atoms with Gasteiger partial charge in [-0.15, -0.1) is 0 Å². The number of carbonyl (C=O) groups is 1. The van der Waals surface area contributed by atoms with Gasteiger partial charge in [0.1, 0.15) is 0 Å². The van der Waals surface area contributed by atoms with Crippen LogP contribution in [0.1, 0.15) is 17.5 Å². The third-order valence-electron chi connectivity index (χ3n) is 3.69. The first-order valence-electron chi connectivity index (χ1n) is 7.05. The highest BCUT2D eigenvalue weighted by molar-refractivity contribution is 7.91. The second kappa shape index (κ2) is 6.91. The molecule has 0 radical (unpaired) electrons. The van der Waals surface area contributed by atoms with Crippen LogP contribution in [0.15, 0.2) is 29.4 Å². The lowest BCUT2D eigenvalue weighted by Crippen LogP contribution is -2.39. The fraction of sp³-hybridized carbons (Fsp3) is 0.467. The van der Waals surface area contributed by atoms with Gasteiger partial charge < -0.3 is 9.74 Å². The Hall–Kier alpha value is -1.89. The first kappa shape index (κ1) is 16.5. The monoisotopic (exact) mass is 324 g/mol. The number of rotatable bonds is 5. The van der Waals surface area contributed by atoms with Crippen LogP contribution in [-0.2, 0) is 19.5 Å². The SMILES string of the molecule is Cc1ccc(/C=N\OCC(=O)N(C)[C@H]2CCS(=O)(=O)C2)cc1. The number of hydrogen-bond acceptors (Lipinski definition) is 5. The minimum atomic E-state index is -3.00. The summed E-state index contributed by atoms with van der Waals surface area (Å²) in [5.74, 6) is -0.105. The molecule has 2 rings (SSSR count). The highest BCUT2D eigenvalue weighted by Crippen LogP contribution is 2.16. The molecule has 1 heterocycles. The number of hydrogen-bond donors (Lipinski definition) is 0. The fourth-order valence-electron chi connectivity index (χ4n) is 2.23. The van der Waals surface area contributed by atoms with Gasteiger partial charge in [-0.25, -0.2) is 8.42 Å². The second-order valence-corrected chi connectivity index (χ2v) is 7.71. The molecule has 1 fully saturated rings. The summed E-state index contributed by atoms with van der Waals surface area (Å²) in [6.45, 7) is 1.80. The third-order valence-corrected chi connectivity index (χ3v) is 5.44. The van der Waals surface area contributed by atoms with Gasteiger partial charge in [0, 0.05) is 13.1 Å². The largest absolute Gasteiger partial charge is 0.386 e. The third kappa shape index (κ3) is 4.56. The Kier molecular flexibility index (Phi) is 5.18. The molecule has 1 aliphatic heterocycles. The van der Waals surface area contributed by atoms with Gasteiger partial charge in [0.25, 0.3) is 5.91 Å². The first-order chi connectivity index (χ1) is 10.4.